The number of ether oxygens (including phenoxy) is 1. The van der Waals surface area contributed by atoms with Gasteiger partial charge in [-0.05, 0) is 37.3 Å². The molecule has 0 N–H and O–H groups in total. The maximum absolute atomic E-state index is 12.8. The number of nitrogens with zero attached hydrogens (tertiary/aromatic N) is 4. The number of hydrogen-bond donors (Lipinski definition) is 0. The second kappa shape index (κ2) is 7.94. The first-order valence-electron chi connectivity index (χ1n) is 9.52. The van der Waals surface area contributed by atoms with E-state index in [0.29, 0.717) is 24.4 Å². The summed E-state index contributed by atoms with van der Waals surface area (Å²) < 4.78 is 5.23. The van der Waals surface area contributed by atoms with Crippen LogP contribution in [0.5, 0.6) is 5.75 Å². The predicted octanol–water partition coefficient (Wildman–Crippen LogP) is 2.90. The van der Waals surface area contributed by atoms with E-state index in [4.69, 9.17) is 9.72 Å². The topological polar surface area (TPSA) is 58.6 Å². The third kappa shape index (κ3) is 3.82. The molecule has 6 nitrogen and oxygen atoms in total. The zero-order valence-corrected chi connectivity index (χ0v) is 16.3. The Bertz CT molecular complexity index is 997. The Morgan fingerprint density at radius 2 is 1.71 bits per heavy atom. The highest BCUT2D eigenvalue weighted by molar-refractivity contribution is 5.94. The number of aromatic nitrogens is 2. The number of methoxy groups -OCH3 is 1. The zero-order chi connectivity index (χ0) is 19.5. The van der Waals surface area contributed by atoms with Gasteiger partial charge in [0.1, 0.15) is 5.75 Å². The molecule has 2 heterocycles. The molecule has 1 saturated heterocycles. The molecule has 2 aromatic carbocycles. The lowest BCUT2D eigenvalue weighted by Crippen LogP contribution is -2.48. The maximum Gasteiger partial charge on any atom is 0.254 e. The van der Waals surface area contributed by atoms with Crippen LogP contribution in [0.2, 0.25) is 0 Å². The number of benzene rings is 2. The van der Waals surface area contributed by atoms with Gasteiger partial charge in [0.25, 0.3) is 5.91 Å². The largest absolute Gasteiger partial charge is 0.497 e. The molecule has 1 aliphatic rings. The molecule has 0 atom stereocenters. The Morgan fingerprint density at radius 3 is 2.43 bits per heavy atom. The number of para-hydroxylation sites is 2. The first-order valence-corrected chi connectivity index (χ1v) is 9.52. The van der Waals surface area contributed by atoms with E-state index >= 15 is 0 Å². The third-order valence-corrected chi connectivity index (χ3v) is 5.19. The molecule has 0 unspecified atom stereocenters. The van der Waals surface area contributed by atoms with E-state index in [1.54, 1.807) is 13.2 Å². The highest BCUT2D eigenvalue weighted by Gasteiger charge is 2.23. The van der Waals surface area contributed by atoms with Gasteiger partial charge < -0.3 is 9.64 Å². The van der Waals surface area contributed by atoms with Crippen LogP contribution >= 0.6 is 0 Å². The third-order valence-electron chi connectivity index (χ3n) is 5.19. The van der Waals surface area contributed by atoms with Crippen LogP contribution in [0.4, 0.5) is 0 Å². The van der Waals surface area contributed by atoms with E-state index in [1.165, 1.54) is 0 Å². The average Bonchev–Trinajstić information content (AvgIpc) is 2.74. The second-order valence-corrected chi connectivity index (χ2v) is 7.04. The molecule has 3 aromatic rings. The number of hydrogen-bond acceptors (Lipinski definition) is 5. The SMILES string of the molecule is COc1cccc(C(=O)N2CCN(Cc3nc4ccccc4nc3C)CC2)c1. The monoisotopic (exact) mass is 376 g/mol. The van der Waals surface area contributed by atoms with Gasteiger partial charge in [-0.15, -0.1) is 0 Å². The van der Waals surface area contributed by atoms with Crippen molar-refractivity contribution in [1.29, 1.82) is 0 Å². The van der Waals surface area contributed by atoms with Crippen molar-refractivity contribution in [3.05, 3.63) is 65.5 Å². The van der Waals surface area contributed by atoms with Crippen LogP contribution in [0.15, 0.2) is 48.5 Å². The van der Waals surface area contributed by atoms with Crippen molar-refractivity contribution >= 4 is 16.9 Å². The first-order chi connectivity index (χ1) is 13.6. The van der Waals surface area contributed by atoms with Gasteiger partial charge >= 0.3 is 0 Å². The fourth-order valence-corrected chi connectivity index (χ4v) is 3.53. The van der Waals surface area contributed by atoms with Crippen LogP contribution in [0.3, 0.4) is 0 Å². The molecule has 1 aromatic heterocycles. The maximum atomic E-state index is 12.8. The van der Waals surface area contributed by atoms with Crippen LogP contribution < -0.4 is 4.74 Å². The summed E-state index contributed by atoms with van der Waals surface area (Å²) in [5, 5.41) is 0. The highest BCUT2D eigenvalue weighted by Crippen LogP contribution is 2.17. The van der Waals surface area contributed by atoms with Crippen molar-refractivity contribution in [1.82, 2.24) is 19.8 Å². The number of amides is 1. The summed E-state index contributed by atoms with van der Waals surface area (Å²) in [6.45, 7) is 5.82. The van der Waals surface area contributed by atoms with Crippen LogP contribution in [0.1, 0.15) is 21.7 Å². The normalized spacial score (nSPS) is 15.0. The zero-order valence-electron chi connectivity index (χ0n) is 16.3. The minimum atomic E-state index is 0.0558. The van der Waals surface area contributed by atoms with E-state index < -0.39 is 0 Å². The van der Waals surface area contributed by atoms with Gasteiger partial charge in [0.15, 0.2) is 0 Å². The number of aryl methyl sites for hydroxylation is 1. The Balaban J connectivity index is 1.40. The van der Waals surface area contributed by atoms with Crippen LogP contribution in [0.25, 0.3) is 11.0 Å². The molecular weight excluding hydrogens is 352 g/mol. The summed E-state index contributed by atoms with van der Waals surface area (Å²) in [5.41, 5.74) is 4.50. The molecule has 4 rings (SSSR count). The smallest absolute Gasteiger partial charge is 0.254 e. The van der Waals surface area contributed by atoms with Crippen LogP contribution in [-0.2, 0) is 6.54 Å². The van der Waals surface area contributed by atoms with E-state index in [9.17, 15) is 4.79 Å². The molecule has 0 spiro atoms. The van der Waals surface area contributed by atoms with Crippen molar-refractivity contribution in [2.24, 2.45) is 0 Å². The highest BCUT2D eigenvalue weighted by atomic mass is 16.5. The molecule has 0 saturated carbocycles. The Kier molecular flexibility index (Phi) is 5.21. The van der Waals surface area contributed by atoms with Gasteiger partial charge in [0.05, 0.1) is 29.5 Å². The summed E-state index contributed by atoms with van der Waals surface area (Å²) in [6.07, 6.45) is 0. The molecule has 144 valence electrons. The fraction of sp³-hybridized carbons (Fsp3) is 0.318. The second-order valence-electron chi connectivity index (χ2n) is 7.04. The van der Waals surface area contributed by atoms with Gasteiger partial charge in [-0.2, -0.15) is 0 Å². The Hall–Kier alpha value is -2.99. The lowest BCUT2D eigenvalue weighted by Gasteiger charge is -2.34. The molecule has 1 amide bonds. The van der Waals surface area contributed by atoms with Gasteiger partial charge in [0, 0.05) is 38.3 Å². The first kappa shape index (κ1) is 18.4. The van der Waals surface area contributed by atoms with E-state index in [2.05, 4.69) is 9.88 Å². The number of piperazine rings is 1. The summed E-state index contributed by atoms with van der Waals surface area (Å²) in [7, 11) is 1.61. The summed E-state index contributed by atoms with van der Waals surface area (Å²) in [5.74, 6) is 0.759. The van der Waals surface area contributed by atoms with Crippen molar-refractivity contribution in [2.75, 3.05) is 33.3 Å². The van der Waals surface area contributed by atoms with E-state index in [1.807, 2.05) is 54.3 Å². The lowest BCUT2D eigenvalue weighted by molar-refractivity contribution is 0.0626. The lowest BCUT2D eigenvalue weighted by atomic mass is 10.1. The summed E-state index contributed by atoms with van der Waals surface area (Å²) in [6, 6.07) is 15.3. The number of rotatable bonds is 4. The van der Waals surface area contributed by atoms with Gasteiger partial charge in [0.2, 0.25) is 0 Å². The molecule has 0 bridgehead atoms. The van der Waals surface area contributed by atoms with Gasteiger partial charge in [-0.3, -0.25) is 9.69 Å². The Labute approximate surface area is 164 Å². The summed E-state index contributed by atoms with van der Waals surface area (Å²) in [4.78, 5) is 26.5. The average molecular weight is 376 g/mol. The van der Waals surface area contributed by atoms with Crippen molar-refractivity contribution in [3.8, 4) is 5.75 Å². The molecule has 0 radical (unpaired) electrons. The minimum Gasteiger partial charge on any atom is -0.497 e. The predicted molar refractivity (Wildman–Crippen MR) is 108 cm³/mol. The van der Waals surface area contributed by atoms with E-state index in [0.717, 1.165) is 42.1 Å². The fourth-order valence-electron chi connectivity index (χ4n) is 3.53. The van der Waals surface area contributed by atoms with Crippen LogP contribution in [-0.4, -0.2) is 59.0 Å². The van der Waals surface area contributed by atoms with Crippen LogP contribution in [0, 0.1) is 6.92 Å². The molecule has 1 aliphatic heterocycles. The van der Waals surface area contributed by atoms with E-state index in [-0.39, 0.29) is 5.91 Å². The Morgan fingerprint density at radius 1 is 1.00 bits per heavy atom. The molecule has 1 fully saturated rings. The van der Waals surface area contributed by atoms with Crippen molar-refractivity contribution in [3.63, 3.8) is 0 Å². The summed E-state index contributed by atoms with van der Waals surface area (Å²) >= 11 is 0. The molecule has 28 heavy (non-hydrogen) atoms. The number of carbonyl (C=O) groups is 1. The minimum absolute atomic E-state index is 0.0558. The molecular formula is C22H24N4O2. The van der Waals surface area contributed by atoms with Gasteiger partial charge in [-0.1, -0.05) is 18.2 Å². The molecule has 6 heteroatoms. The van der Waals surface area contributed by atoms with Gasteiger partial charge in [-0.25, -0.2) is 9.97 Å². The standard InChI is InChI=1S/C22H24N4O2/c1-16-21(24-20-9-4-3-8-19(20)23-16)15-25-10-12-26(13-11-25)22(27)17-6-5-7-18(14-17)28-2/h3-9,14H,10-13,15H2,1-2H3. The van der Waals surface area contributed by atoms with Crippen molar-refractivity contribution < 1.29 is 9.53 Å². The number of fused-ring (bicyclic) bond motifs is 1. The number of carbonyl (C=O) groups excluding carboxylic acids is 1. The quantitative estimate of drug-likeness (QED) is 0.701. The molecule has 0 aliphatic carbocycles. The van der Waals surface area contributed by atoms with Crippen molar-refractivity contribution in [2.45, 2.75) is 13.5 Å².